The number of aromatic nitrogens is 5. The predicted molar refractivity (Wildman–Crippen MR) is 128 cm³/mol. The van der Waals surface area contributed by atoms with Gasteiger partial charge in [0.15, 0.2) is 5.69 Å². The summed E-state index contributed by atoms with van der Waals surface area (Å²) in [6.07, 6.45) is 3.93. The molecule has 2 atom stereocenters. The Balaban J connectivity index is 1.91. The molecular formula is C25H22FN7O4. The van der Waals surface area contributed by atoms with Crippen molar-refractivity contribution in [3.05, 3.63) is 92.8 Å². The van der Waals surface area contributed by atoms with E-state index in [0.717, 1.165) is 4.57 Å². The van der Waals surface area contributed by atoms with E-state index in [0.29, 0.717) is 22.6 Å². The van der Waals surface area contributed by atoms with Crippen LogP contribution in [0.3, 0.4) is 0 Å². The Morgan fingerprint density at radius 2 is 2.00 bits per heavy atom. The fraction of sp³-hybridized carbons (Fsp3) is 0.240. The number of nitrogens with zero attached hydrogens (tertiary/aromatic N) is 6. The molecular weight excluding hydrogens is 481 g/mol. The van der Waals surface area contributed by atoms with Gasteiger partial charge in [-0.1, -0.05) is 12.1 Å². The number of aryl methyl sites for hydroxylation is 2. The Kier molecular flexibility index (Phi) is 6.79. The standard InChI is InChI=1S/C25H22FN7O4/c1-12(23-32-21(22(34)25(36)33(23)4)24(35)31-17-9-29-37-11-17)20(19-10-28-13(2)14(3)30-19)18-7-16(26)6-5-15(18)8-27/h5-7,9-12,20,34H,1-4H3,(H,31,35)/t12-,20-/m1/s1. The molecule has 0 fully saturated rings. The molecule has 0 saturated carbocycles. The molecule has 0 radical (unpaired) electrons. The first-order valence-corrected chi connectivity index (χ1v) is 11.1. The monoisotopic (exact) mass is 503 g/mol. The van der Waals surface area contributed by atoms with Crippen molar-refractivity contribution in [2.24, 2.45) is 7.05 Å². The van der Waals surface area contributed by atoms with E-state index in [-0.39, 0.29) is 17.1 Å². The third kappa shape index (κ3) is 4.79. The fourth-order valence-corrected chi connectivity index (χ4v) is 4.07. The molecule has 0 aliphatic carbocycles. The number of hydrogen-bond donors (Lipinski definition) is 2. The van der Waals surface area contributed by atoms with E-state index in [1.165, 1.54) is 43.9 Å². The van der Waals surface area contributed by atoms with E-state index in [4.69, 9.17) is 0 Å². The van der Waals surface area contributed by atoms with Gasteiger partial charge in [0.05, 0.1) is 34.9 Å². The maximum absolute atomic E-state index is 14.4. The molecule has 2 N–H and O–H groups in total. The minimum Gasteiger partial charge on any atom is -0.501 e. The summed E-state index contributed by atoms with van der Waals surface area (Å²) in [5, 5.41) is 26.1. The van der Waals surface area contributed by atoms with Gasteiger partial charge in [-0.3, -0.25) is 24.1 Å². The average molecular weight is 503 g/mol. The molecule has 188 valence electrons. The normalized spacial score (nSPS) is 12.5. The van der Waals surface area contributed by atoms with Crippen molar-refractivity contribution in [1.29, 1.82) is 5.26 Å². The lowest BCUT2D eigenvalue weighted by atomic mass is 9.81. The van der Waals surface area contributed by atoms with E-state index in [9.17, 15) is 24.3 Å². The van der Waals surface area contributed by atoms with Crippen molar-refractivity contribution in [2.75, 3.05) is 5.32 Å². The number of nitriles is 1. The van der Waals surface area contributed by atoms with Gasteiger partial charge < -0.3 is 14.9 Å². The van der Waals surface area contributed by atoms with Gasteiger partial charge in [0.25, 0.3) is 11.5 Å². The van der Waals surface area contributed by atoms with Crippen LogP contribution < -0.4 is 10.9 Å². The minimum atomic E-state index is -0.864. The molecule has 0 aliphatic rings. The van der Waals surface area contributed by atoms with Crippen molar-refractivity contribution >= 4 is 11.6 Å². The highest BCUT2D eigenvalue weighted by atomic mass is 19.1. The lowest BCUT2D eigenvalue weighted by Gasteiger charge is -2.26. The number of aromatic hydroxyl groups is 1. The smallest absolute Gasteiger partial charge is 0.296 e. The van der Waals surface area contributed by atoms with Crippen molar-refractivity contribution in [3.8, 4) is 11.8 Å². The molecule has 0 bridgehead atoms. The Morgan fingerprint density at radius 1 is 1.24 bits per heavy atom. The highest BCUT2D eigenvalue weighted by Crippen LogP contribution is 2.38. The Morgan fingerprint density at radius 3 is 2.65 bits per heavy atom. The predicted octanol–water partition coefficient (Wildman–Crippen LogP) is 3.08. The van der Waals surface area contributed by atoms with Crippen LogP contribution in [0.4, 0.5) is 10.1 Å². The van der Waals surface area contributed by atoms with Gasteiger partial charge in [0.1, 0.15) is 23.6 Å². The van der Waals surface area contributed by atoms with Crippen molar-refractivity contribution in [2.45, 2.75) is 32.6 Å². The van der Waals surface area contributed by atoms with Crippen molar-refractivity contribution in [3.63, 3.8) is 0 Å². The van der Waals surface area contributed by atoms with E-state index in [1.54, 1.807) is 20.8 Å². The molecule has 1 amide bonds. The highest BCUT2D eigenvalue weighted by molar-refractivity contribution is 6.04. The van der Waals surface area contributed by atoms with E-state index < -0.39 is 40.6 Å². The number of carbonyl (C=O) groups is 1. The van der Waals surface area contributed by atoms with Crippen LogP contribution in [0, 0.1) is 31.0 Å². The van der Waals surface area contributed by atoms with Crippen LogP contribution in [0.1, 0.15) is 63.3 Å². The summed E-state index contributed by atoms with van der Waals surface area (Å²) in [4.78, 5) is 39.1. The van der Waals surface area contributed by atoms with Gasteiger partial charge in [-0.05, 0) is 37.6 Å². The third-order valence-electron chi connectivity index (χ3n) is 6.11. The van der Waals surface area contributed by atoms with E-state index in [1.807, 2.05) is 0 Å². The van der Waals surface area contributed by atoms with Gasteiger partial charge in [-0.25, -0.2) is 9.37 Å². The van der Waals surface area contributed by atoms with Gasteiger partial charge in [0, 0.05) is 25.1 Å². The molecule has 12 heteroatoms. The van der Waals surface area contributed by atoms with Crippen molar-refractivity contribution < 1.29 is 18.8 Å². The van der Waals surface area contributed by atoms with Crippen LogP contribution in [0.15, 0.2) is 46.2 Å². The van der Waals surface area contributed by atoms with Crippen LogP contribution in [-0.4, -0.2) is 35.7 Å². The van der Waals surface area contributed by atoms with Crippen molar-refractivity contribution in [1.82, 2.24) is 24.7 Å². The second-order valence-electron chi connectivity index (χ2n) is 8.47. The number of anilines is 1. The van der Waals surface area contributed by atoms with Gasteiger partial charge in [-0.2, -0.15) is 5.26 Å². The average Bonchev–Trinajstić information content (AvgIpc) is 3.38. The van der Waals surface area contributed by atoms with Gasteiger partial charge in [-0.15, -0.1) is 0 Å². The maximum Gasteiger partial charge on any atom is 0.296 e. The molecule has 1 aromatic carbocycles. The quantitative estimate of drug-likeness (QED) is 0.403. The number of halogens is 1. The summed E-state index contributed by atoms with van der Waals surface area (Å²) in [7, 11) is 1.39. The number of nitrogens with one attached hydrogen (secondary N) is 1. The molecule has 4 aromatic rings. The van der Waals surface area contributed by atoms with Gasteiger partial charge >= 0.3 is 0 Å². The minimum absolute atomic E-state index is 0.0939. The summed E-state index contributed by atoms with van der Waals surface area (Å²) in [6, 6.07) is 5.84. The number of amides is 1. The summed E-state index contributed by atoms with van der Waals surface area (Å²) in [6.45, 7) is 5.26. The molecule has 4 rings (SSSR count). The Labute approximate surface area is 210 Å². The highest BCUT2D eigenvalue weighted by Gasteiger charge is 2.32. The molecule has 0 spiro atoms. The molecule has 0 saturated heterocycles. The SMILES string of the molecule is Cc1ncc([C@@H](c2cc(F)ccc2C#N)[C@@H](C)c2nc(C(=O)Nc3cnoc3)c(O)c(=O)n2C)nc1C. The first-order chi connectivity index (χ1) is 17.6. The Bertz CT molecular complexity index is 1590. The third-order valence-corrected chi connectivity index (χ3v) is 6.11. The largest absolute Gasteiger partial charge is 0.501 e. The molecule has 0 unspecified atom stereocenters. The number of carbonyl (C=O) groups excluding carboxylic acids is 1. The zero-order valence-corrected chi connectivity index (χ0v) is 20.4. The summed E-state index contributed by atoms with van der Waals surface area (Å²) < 4.78 is 20.2. The van der Waals surface area contributed by atoms with E-state index in [2.05, 4.69) is 36.0 Å². The lowest BCUT2D eigenvalue weighted by Crippen LogP contribution is -2.30. The molecule has 3 aromatic heterocycles. The van der Waals surface area contributed by atoms with Crippen LogP contribution in [-0.2, 0) is 7.05 Å². The second-order valence-corrected chi connectivity index (χ2v) is 8.47. The summed E-state index contributed by atoms with van der Waals surface area (Å²) >= 11 is 0. The molecule has 37 heavy (non-hydrogen) atoms. The van der Waals surface area contributed by atoms with Crippen LogP contribution in [0.5, 0.6) is 5.75 Å². The zero-order chi connectivity index (χ0) is 26.9. The second kappa shape index (κ2) is 9.98. The number of hydrogen-bond acceptors (Lipinski definition) is 9. The molecule has 11 nitrogen and oxygen atoms in total. The Hall–Kier alpha value is -4.92. The number of rotatable bonds is 6. The maximum atomic E-state index is 14.4. The van der Waals surface area contributed by atoms with Crippen LogP contribution in [0.2, 0.25) is 0 Å². The van der Waals surface area contributed by atoms with E-state index >= 15 is 0 Å². The first kappa shape index (κ1) is 25.2. The first-order valence-electron chi connectivity index (χ1n) is 11.1. The summed E-state index contributed by atoms with van der Waals surface area (Å²) in [5.41, 5.74) is 1.06. The van der Waals surface area contributed by atoms with Gasteiger partial charge in [0.2, 0.25) is 5.75 Å². The lowest BCUT2D eigenvalue weighted by molar-refractivity contribution is 0.101. The summed E-state index contributed by atoms with van der Waals surface area (Å²) in [5.74, 6) is -3.70. The number of benzene rings is 1. The molecule has 0 aliphatic heterocycles. The van der Waals surface area contributed by atoms with Crippen LogP contribution in [0.25, 0.3) is 0 Å². The van der Waals surface area contributed by atoms with Crippen LogP contribution >= 0.6 is 0 Å². The zero-order valence-electron chi connectivity index (χ0n) is 20.4. The topological polar surface area (TPSA) is 160 Å². The molecule has 3 heterocycles. The fourth-order valence-electron chi connectivity index (χ4n) is 4.07.